The second kappa shape index (κ2) is 8.45. The summed E-state index contributed by atoms with van der Waals surface area (Å²) in [7, 11) is 0. The lowest BCUT2D eigenvalue weighted by molar-refractivity contribution is -0.137. The standard InChI is InChI=1S/C21H20ClF3N2O2/c1-13-17(22)8-3-9-18(13)26-19(28)15-6-4-10-27(12-15)20(29)14-5-2-7-16(11-14)21(23,24)25/h2-3,5,7-9,11,15H,4,6,10,12H2,1H3,(H,26,28). The Labute approximate surface area is 171 Å². The first kappa shape index (κ1) is 21.2. The largest absolute Gasteiger partial charge is 0.416 e. The van der Waals surface area contributed by atoms with Gasteiger partial charge in [-0.3, -0.25) is 9.59 Å². The molecule has 29 heavy (non-hydrogen) atoms. The molecule has 1 N–H and O–H groups in total. The van der Waals surface area contributed by atoms with Crippen molar-refractivity contribution in [1.29, 1.82) is 0 Å². The molecule has 1 aliphatic rings. The van der Waals surface area contributed by atoms with E-state index in [4.69, 9.17) is 11.6 Å². The highest BCUT2D eigenvalue weighted by molar-refractivity contribution is 6.31. The minimum Gasteiger partial charge on any atom is -0.338 e. The molecule has 1 fully saturated rings. The maximum absolute atomic E-state index is 12.9. The number of halogens is 4. The summed E-state index contributed by atoms with van der Waals surface area (Å²) in [5, 5.41) is 3.37. The van der Waals surface area contributed by atoms with Gasteiger partial charge in [-0.25, -0.2) is 0 Å². The zero-order valence-electron chi connectivity index (χ0n) is 15.7. The van der Waals surface area contributed by atoms with Crippen LogP contribution in [0.5, 0.6) is 0 Å². The summed E-state index contributed by atoms with van der Waals surface area (Å²) in [6.45, 7) is 2.35. The first-order valence-electron chi connectivity index (χ1n) is 9.19. The molecule has 0 aromatic heterocycles. The number of benzene rings is 2. The number of carbonyl (C=O) groups is 2. The van der Waals surface area contributed by atoms with E-state index in [1.165, 1.54) is 17.0 Å². The van der Waals surface area contributed by atoms with Gasteiger partial charge in [0.2, 0.25) is 5.91 Å². The topological polar surface area (TPSA) is 49.4 Å². The quantitative estimate of drug-likeness (QED) is 0.740. The van der Waals surface area contributed by atoms with Crippen LogP contribution in [-0.4, -0.2) is 29.8 Å². The summed E-state index contributed by atoms with van der Waals surface area (Å²) < 4.78 is 38.8. The maximum atomic E-state index is 12.9. The number of carbonyl (C=O) groups excluding carboxylic acids is 2. The number of hydrogen-bond donors (Lipinski definition) is 1. The van der Waals surface area contributed by atoms with Gasteiger partial charge >= 0.3 is 6.18 Å². The molecule has 2 aromatic rings. The predicted molar refractivity (Wildman–Crippen MR) is 105 cm³/mol. The normalized spacial score (nSPS) is 17.1. The number of likely N-dealkylation sites (tertiary alicyclic amines) is 1. The van der Waals surface area contributed by atoms with Crippen LogP contribution in [-0.2, 0) is 11.0 Å². The van der Waals surface area contributed by atoms with Crippen LogP contribution in [0.3, 0.4) is 0 Å². The van der Waals surface area contributed by atoms with Crippen molar-refractivity contribution in [2.75, 3.05) is 18.4 Å². The lowest BCUT2D eigenvalue weighted by atomic mass is 9.96. The zero-order chi connectivity index (χ0) is 21.2. The highest BCUT2D eigenvalue weighted by Gasteiger charge is 2.33. The predicted octanol–water partition coefficient (Wildman–Crippen LogP) is 5.16. The molecule has 8 heteroatoms. The lowest BCUT2D eigenvalue weighted by Gasteiger charge is -2.32. The molecule has 4 nitrogen and oxygen atoms in total. The van der Waals surface area contributed by atoms with Crippen LogP contribution >= 0.6 is 11.6 Å². The van der Waals surface area contributed by atoms with Gasteiger partial charge in [0.1, 0.15) is 0 Å². The molecule has 0 radical (unpaired) electrons. The van der Waals surface area contributed by atoms with Crippen LogP contribution in [0.1, 0.15) is 34.3 Å². The Bertz CT molecular complexity index is 930. The molecule has 1 aliphatic heterocycles. The van der Waals surface area contributed by atoms with Crippen molar-refractivity contribution in [3.8, 4) is 0 Å². The van der Waals surface area contributed by atoms with Gasteiger partial charge in [0.25, 0.3) is 5.91 Å². The first-order chi connectivity index (χ1) is 13.7. The Morgan fingerprint density at radius 3 is 2.62 bits per heavy atom. The van der Waals surface area contributed by atoms with Crippen LogP contribution in [0.2, 0.25) is 5.02 Å². The summed E-state index contributed by atoms with van der Waals surface area (Å²) in [6.07, 6.45) is -3.33. The third-order valence-corrected chi connectivity index (χ3v) is 5.45. The summed E-state index contributed by atoms with van der Waals surface area (Å²) in [5.41, 5.74) is 0.441. The third-order valence-electron chi connectivity index (χ3n) is 5.04. The highest BCUT2D eigenvalue weighted by atomic mass is 35.5. The van der Waals surface area contributed by atoms with Crippen molar-refractivity contribution in [3.05, 3.63) is 64.2 Å². The van der Waals surface area contributed by atoms with Crippen LogP contribution in [0.15, 0.2) is 42.5 Å². The van der Waals surface area contributed by atoms with Crippen LogP contribution in [0.4, 0.5) is 18.9 Å². The molecular weight excluding hydrogens is 405 g/mol. The van der Waals surface area contributed by atoms with E-state index in [2.05, 4.69) is 5.32 Å². The van der Waals surface area contributed by atoms with Gasteiger partial charge < -0.3 is 10.2 Å². The number of anilines is 1. The van der Waals surface area contributed by atoms with Gasteiger partial charge in [0, 0.05) is 29.4 Å². The van der Waals surface area contributed by atoms with E-state index in [-0.39, 0.29) is 18.0 Å². The highest BCUT2D eigenvalue weighted by Crippen LogP contribution is 2.30. The molecule has 0 spiro atoms. The number of hydrogen-bond acceptors (Lipinski definition) is 2. The van der Waals surface area contributed by atoms with Gasteiger partial charge in [0.15, 0.2) is 0 Å². The third kappa shape index (κ3) is 4.90. The Morgan fingerprint density at radius 2 is 1.90 bits per heavy atom. The fraction of sp³-hybridized carbons (Fsp3) is 0.333. The summed E-state index contributed by atoms with van der Waals surface area (Å²) >= 11 is 6.08. The van der Waals surface area contributed by atoms with Gasteiger partial charge in [-0.1, -0.05) is 23.7 Å². The van der Waals surface area contributed by atoms with E-state index in [0.29, 0.717) is 30.1 Å². The number of amides is 2. The van der Waals surface area contributed by atoms with Crippen molar-refractivity contribution in [2.24, 2.45) is 5.92 Å². The van der Waals surface area contributed by atoms with Gasteiger partial charge in [0.05, 0.1) is 11.5 Å². The van der Waals surface area contributed by atoms with E-state index in [1.807, 2.05) is 0 Å². The van der Waals surface area contributed by atoms with Crippen molar-refractivity contribution in [1.82, 2.24) is 4.90 Å². The average Bonchev–Trinajstić information content (AvgIpc) is 2.70. The number of nitrogens with zero attached hydrogens (tertiary/aromatic N) is 1. The van der Waals surface area contributed by atoms with Gasteiger partial charge in [-0.05, 0) is 55.7 Å². The molecule has 2 amide bonds. The Morgan fingerprint density at radius 1 is 1.17 bits per heavy atom. The smallest absolute Gasteiger partial charge is 0.338 e. The van der Waals surface area contributed by atoms with Crippen LogP contribution in [0.25, 0.3) is 0 Å². The molecule has 3 rings (SSSR count). The Hall–Kier alpha value is -2.54. The molecule has 2 aromatic carbocycles. The summed E-state index contributed by atoms with van der Waals surface area (Å²) in [4.78, 5) is 26.8. The van der Waals surface area contributed by atoms with Gasteiger partial charge in [-0.15, -0.1) is 0 Å². The lowest BCUT2D eigenvalue weighted by Crippen LogP contribution is -2.43. The number of piperidine rings is 1. The van der Waals surface area contributed by atoms with E-state index in [0.717, 1.165) is 17.7 Å². The average molecular weight is 425 g/mol. The SMILES string of the molecule is Cc1c(Cl)cccc1NC(=O)C1CCCN(C(=O)c2cccc(C(F)(F)F)c2)C1. The number of nitrogens with one attached hydrogen (secondary N) is 1. The fourth-order valence-corrected chi connectivity index (χ4v) is 3.54. The van der Waals surface area contributed by atoms with Crippen molar-refractivity contribution in [2.45, 2.75) is 25.9 Å². The molecule has 0 aliphatic carbocycles. The van der Waals surface area contributed by atoms with Crippen molar-refractivity contribution >= 4 is 29.1 Å². The fourth-order valence-electron chi connectivity index (χ4n) is 3.36. The van der Waals surface area contributed by atoms with Gasteiger partial charge in [-0.2, -0.15) is 13.2 Å². The first-order valence-corrected chi connectivity index (χ1v) is 9.57. The van der Waals surface area contributed by atoms with Crippen LogP contribution < -0.4 is 5.32 Å². The second-order valence-electron chi connectivity index (χ2n) is 7.07. The molecule has 1 unspecified atom stereocenters. The second-order valence-corrected chi connectivity index (χ2v) is 7.48. The monoisotopic (exact) mass is 424 g/mol. The minimum absolute atomic E-state index is 0.0356. The molecular formula is C21H20ClF3N2O2. The molecule has 1 saturated heterocycles. The molecule has 0 saturated carbocycles. The number of alkyl halides is 3. The Kier molecular flexibility index (Phi) is 6.17. The van der Waals surface area contributed by atoms with Crippen LogP contribution in [0, 0.1) is 12.8 Å². The molecule has 1 heterocycles. The zero-order valence-corrected chi connectivity index (χ0v) is 16.5. The van der Waals surface area contributed by atoms with Crippen molar-refractivity contribution < 1.29 is 22.8 Å². The van der Waals surface area contributed by atoms with E-state index >= 15 is 0 Å². The molecule has 1 atom stereocenters. The van der Waals surface area contributed by atoms with E-state index < -0.39 is 23.6 Å². The molecule has 0 bridgehead atoms. The van der Waals surface area contributed by atoms with E-state index in [1.54, 1.807) is 25.1 Å². The van der Waals surface area contributed by atoms with E-state index in [9.17, 15) is 22.8 Å². The number of rotatable bonds is 3. The summed E-state index contributed by atoms with van der Waals surface area (Å²) in [6, 6.07) is 9.55. The maximum Gasteiger partial charge on any atom is 0.416 e. The Balaban J connectivity index is 1.71. The summed E-state index contributed by atoms with van der Waals surface area (Å²) in [5.74, 6) is -1.19. The molecule has 154 valence electrons. The minimum atomic E-state index is -4.52. The van der Waals surface area contributed by atoms with Crippen molar-refractivity contribution in [3.63, 3.8) is 0 Å².